The van der Waals surface area contributed by atoms with Gasteiger partial charge in [0.25, 0.3) is 0 Å². The van der Waals surface area contributed by atoms with E-state index in [1.807, 2.05) is 6.07 Å². The van der Waals surface area contributed by atoms with E-state index in [4.69, 9.17) is 5.73 Å². The minimum absolute atomic E-state index is 0.521. The zero-order chi connectivity index (χ0) is 18.9. The van der Waals surface area contributed by atoms with Crippen molar-refractivity contribution >= 4 is 17.7 Å². The summed E-state index contributed by atoms with van der Waals surface area (Å²) in [5.74, 6) is 1.62. The molecule has 0 saturated heterocycles. The van der Waals surface area contributed by atoms with Gasteiger partial charge in [-0.05, 0) is 37.5 Å². The first-order valence-corrected chi connectivity index (χ1v) is 11.1. The van der Waals surface area contributed by atoms with Crippen molar-refractivity contribution in [2.45, 2.75) is 56.1 Å². The molecule has 1 heterocycles. The molecule has 0 aliphatic heterocycles. The van der Waals surface area contributed by atoms with Crippen LogP contribution in [0.3, 0.4) is 0 Å². The Kier molecular flexibility index (Phi) is 7.56. The Bertz CT molecular complexity index is 721. The summed E-state index contributed by atoms with van der Waals surface area (Å²) in [4.78, 5) is 4.45. The highest BCUT2D eigenvalue weighted by Crippen LogP contribution is 2.33. The van der Waals surface area contributed by atoms with Gasteiger partial charge in [0.15, 0.2) is 11.1 Å². The topological polar surface area (TPSA) is 81.1 Å². The van der Waals surface area contributed by atoms with Crippen LogP contribution < -0.4 is 11.1 Å². The van der Waals surface area contributed by atoms with E-state index in [1.165, 1.54) is 31.2 Å². The van der Waals surface area contributed by atoms with Crippen molar-refractivity contribution in [2.24, 2.45) is 10.7 Å². The number of rotatable bonds is 9. The maximum absolute atomic E-state index is 5.97. The van der Waals surface area contributed by atoms with Crippen LogP contribution in [0, 0.1) is 0 Å². The molecule has 27 heavy (non-hydrogen) atoms. The number of guanidine groups is 1. The van der Waals surface area contributed by atoms with Crippen molar-refractivity contribution in [3.63, 3.8) is 0 Å². The van der Waals surface area contributed by atoms with Crippen LogP contribution in [0.5, 0.6) is 0 Å². The summed E-state index contributed by atoms with van der Waals surface area (Å²) < 4.78 is 2.36. The molecule has 3 N–H and O–H groups in total. The number of hydrogen-bond acceptors (Lipinski definition) is 4. The molecule has 1 aliphatic rings. The summed E-state index contributed by atoms with van der Waals surface area (Å²) in [7, 11) is 0. The van der Waals surface area contributed by atoms with Gasteiger partial charge in [-0.1, -0.05) is 54.9 Å². The lowest BCUT2D eigenvalue weighted by Crippen LogP contribution is -2.33. The van der Waals surface area contributed by atoms with Gasteiger partial charge in [-0.3, -0.25) is 4.99 Å². The average molecular weight is 387 g/mol. The minimum atomic E-state index is 0.521. The molecule has 3 rings (SSSR count). The fraction of sp³-hybridized carbons (Fsp3) is 0.550. The van der Waals surface area contributed by atoms with Crippen LogP contribution in [0.15, 0.2) is 40.5 Å². The highest BCUT2D eigenvalue weighted by atomic mass is 32.2. The Labute approximate surface area is 166 Å². The molecule has 0 radical (unpaired) electrons. The molecule has 0 spiro atoms. The summed E-state index contributed by atoms with van der Waals surface area (Å²) in [6.07, 6.45) is 9.96. The number of benzene rings is 1. The molecule has 0 unspecified atom stereocenters. The van der Waals surface area contributed by atoms with E-state index in [1.54, 1.807) is 11.8 Å². The maximum atomic E-state index is 5.97. The number of nitrogens with two attached hydrogens (primary N) is 1. The smallest absolute Gasteiger partial charge is 0.191 e. The van der Waals surface area contributed by atoms with E-state index < -0.39 is 0 Å². The lowest BCUT2D eigenvalue weighted by Gasteiger charge is -2.16. The molecule has 1 fully saturated rings. The van der Waals surface area contributed by atoms with E-state index in [-0.39, 0.29) is 0 Å². The zero-order valence-corrected chi connectivity index (χ0v) is 16.9. The zero-order valence-electron chi connectivity index (χ0n) is 16.1. The quantitative estimate of drug-likeness (QED) is 0.299. The highest BCUT2D eigenvalue weighted by Gasteiger charge is 2.23. The Morgan fingerprint density at radius 3 is 2.74 bits per heavy atom. The SMILES string of the molecule is CSc1nnc(CCCN=C(N)NCCc2ccccc2)n1C1CCCC1. The monoisotopic (exact) mass is 386 g/mol. The van der Waals surface area contributed by atoms with Crippen LogP contribution >= 0.6 is 11.8 Å². The van der Waals surface area contributed by atoms with Gasteiger partial charge in [0.05, 0.1) is 0 Å². The number of nitrogens with one attached hydrogen (secondary N) is 1. The second kappa shape index (κ2) is 10.3. The summed E-state index contributed by atoms with van der Waals surface area (Å²) in [6, 6.07) is 11.0. The van der Waals surface area contributed by atoms with E-state index >= 15 is 0 Å². The second-order valence-electron chi connectivity index (χ2n) is 6.94. The molecule has 0 amide bonds. The average Bonchev–Trinajstić information content (AvgIpc) is 3.35. The Morgan fingerprint density at radius 2 is 2.00 bits per heavy atom. The molecule has 1 aromatic carbocycles. The van der Waals surface area contributed by atoms with E-state index in [0.29, 0.717) is 18.5 Å². The van der Waals surface area contributed by atoms with Gasteiger partial charge in [-0.15, -0.1) is 10.2 Å². The molecule has 146 valence electrons. The van der Waals surface area contributed by atoms with Crippen molar-refractivity contribution in [1.29, 1.82) is 0 Å². The molecular weight excluding hydrogens is 356 g/mol. The predicted molar refractivity (Wildman–Crippen MR) is 112 cm³/mol. The molecule has 0 bridgehead atoms. The molecule has 2 aromatic rings. The first kappa shape index (κ1) is 19.7. The lowest BCUT2D eigenvalue weighted by atomic mass is 10.1. The first-order chi connectivity index (χ1) is 13.3. The first-order valence-electron chi connectivity index (χ1n) is 9.83. The molecule has 6 nitrogen and oxygen atoms in total. The number of nitrogens with zero attached hydrogens (tertiary/aromatic N) is 4. The summed E-state index contributed by atoms with van der Waals surface area (Å²) in [5, 5.41) is 13.0. The molecular formula is C20H30N6S. The molecule has 1 aromatic heterocycles. The third-order valence-electron chi connectivity index (χ3n) is 5.01. The highest BCUT2D eigenvalue weighted by molar-refractivity contribution is 7.98. The van der Waals surface area contributed by atoms with Crippen molar-refractivity contribution in [2.75, 3.05) is 19.3 Å². The van der Waals surface area contributed by atoms with Crippen molar-refractivity contribution in [3.05, 3.63) is 41.7 Å². The fourth-order valence-electron chi connectivity index (χ4n) is 3.62. The van der Waals surface area contributed by atoms with Crippen molar-refractivity contribution in [1.82, 2.24) is 20.1 Å². The Morgan fingerprint density at radius 1 is 1.22 bits per heavy atom. The van der Waals surface area contributed by atoms with Gasteiger partial charge in [-0.25, -0.2) is 0 Å². The molecule has 1 saturated carbocycles. The molecule has 1 aliphatic carbocycles. The largest absolute Gasteiger partial charge is 0.370 e. The van der Waals surface area contributed by atoms with E-state index in [2.05, 4.69) is 55.6 Å². The van der Waals surface area contributed by atoms with Gasteiger partial charge < -0.3 is 15.6 Å². The summed E-state index contributed by atoms with van der Waals surface area (Å²) in [5.41, 5.74) is 7.27. The third kappa shape index (κ3) is 5.73. The summed E-state index contributed by atoms with van der Waals surface area (Å²) in [6.45, 7) is 1.50. The van der Waals surface area contributed by atoms with Gasteiger partial charge in [-0.2, -0.15) is 0 Å². The van der Waals surface area contributed by atoms with Gasteiger partial charge >= 0.3 is 0 Å². The Hall–Kier alpha value is -2.02. The predicted octanol–water partition coefficient (Wildman–Crippen LogP) is 3.19. The van der Waals surface area contributed by atoms with E-state index in [9.17, 15) is 0 Å². The lowest BCUT2D eigenvalue weighted by molar-refractivity contribution is 0.461. The number of aliphatic imine (C=N–C) groups is 1. The van der Waals surface area contributed by atoms with Crippen LogP contribution in [0.2, 0.25) is 0 Å². The van der Waals surface area contributed by atoms with E-state index in [0.717, 1.165) is 36.8 Å². The fourth-order valence-corrected chi connectivity index (χ4v) is 4.19. The minimum Gasteiger partial charge on any atom is -0.370 e. The Balaban J connectivity index is 1.43. The van der Waals surface area contributed by atoms with Crippen LogP contribution in [0.25, 0.3) is 0 Å². The van der Waals surface area contributed by atoms with Gasteiger partial charge in [0.2, 0.25) is 0 Å². The molecule has 0 atom stereocenters. The van der Waals surface area contributed by atoms with Crippen molar-refractivity contribution in [3.8, 4) is 0 Å². The standard InChI is InChI=1S/C20H30N6S/c1-27-20-25-24-18(26(20)17-10-5-6-11-17)12-7-14-22-19(21)23-15-13-16-8-3-2-4-9-16/h2-4,8-9,17H,5-7,10-15H2,1H3,(H3,21,22,23). The normalized spacial score (nSPS) is 15.4. The van der Waals surface area contributed by atoms with Crippen LogP contribution in [-0.2, 0) is 12.8 Å². The third-order valence-corrected chi connectivity index (χ3v) is 5.65. The van der Waals surface area contributed by atoms with Gasteiger partial charge in [0.1, 0.15) is 5.82 Å². The maximum Gasteiger partial charge on any atom is 0.191 e. The second-order valence-corrected chi connectivity index (χ2v) is 7.72. The van der Waals surface area contributed by atoms with Crippen LogP contribution in [0.4, 0.5) is 0 Å². The molecule has 7 heteroatoms. The van der Waals surface area contributed by atoms with Crippen LogP contribution in [-0.4, -0.2) is 40.1 Å². The number of hydrogen-bond donors (Lipinski definition) is 2. The van der Waals surface area contributed by atoms with Crippen molar-refractivity contribution < 1.29 is 0 Å². The number of thioether (sulfide) groups is 1. The van der Waals surface area contributed by atoms with Gasteiger partial charge in [0, 0.05) is 25.6 Å². The van der Waals surface area contributed by atoms with Crippen LogP contribution in [0.1, 0.15) is 49.5 Å². The number of aromatic nitrogens is 3. The summed E-state index contributed by atoms with van der Waals surface area (Å²) >= 11 is 1.69. The number of aryl methyl sites for hydroxylation is 1.